The molecule has 0 aliphatic heterocycles. The van der Waals surface area contributed by atoms with Crippen LogP contribution in [0.5, 0.6) is 0 Å². The Kier molecular flexibility index (Phi) is 3.66. The van der Waals surface area contributed by atoms with E-state index in [1.165, 1.54) is 6.07 Å². The molecule has 7 heteroatoms. The number of halogens is 3. The van der Waals surface area contributed by atoms with Gasteiger partial charge in [0.05, 0.1) is 17.4 Å². The molecule has 4 rings (SSSR count). The predicted octanol–water partition coefficient (Wildman–Crippen LogP) is 4.05. The molecule has 126 valence electrons. The molecule has 2 aliphatic rings. The number of carbonyl (C=O) groups excluding carboxylic acids is 1. The van der Waals surface area contributed by atoms with Crippen LogP contribution in [0.3, 0.4) is 0 Å². The number of rotatable bonds is 5. The van der Waals surface area contributed by atoms with Crippen LogP contribution in [-0.2, 0) is 4.79 Å². The first kappa shape index (κ1) is 15.4. The molecule has 0 aromatic carbocycles. The molecule has 2 aromatic heterocycles. The lowest BCUT2D eigenvalue weighted by atomic mass is 9.81. The smallest absolute Gasteiger partial charge is 0.283 e. The quantitative estimate of drug-likeness (QED) is 0.775. The van der Waals surface area contributed by atoms with Crippen LogP contribution in [0.25, 0.3) is 11.3 Å². The molecule has 2 aromatic rings. The third-order valence-electron chi connectivity index (χ3n) is 4.80. The standard InChI is InChI=1S/C17H16F3N3O/c18-13-3-4-14(21-16(13)17(19)20)12-7-23(11-5-9(6-11)8-24)22-15(12)10-1-2-10/h3-4,7-11,17H,1-2,5-6H2. The summed E-state index contributed by atoms with van der Waals surface area (Å²) in [4.78, 5) is 14.6. The Labute approximate surface area is 136 Å². The van der Waals surface area contributed by atoms with Crippen molar-refractivity contribution in [2.24, 2.45) is 5.92 Å². The van der Waals surface area contributed by atoms with E-state index in [0.717, 1.165) is 43.7 Å². The van der Waals surface area contributed by atoms with Crippen molar-refractivity contribution in [3.05, 3.63) is 35.5 Å². The molecule has 2 aliphatic carbocycles. The lowest BCUT2D eigenvalue weighted by Gasteiger charge is -2.31. The normalized spacial score (nSPS) is 23.3. The topological polar surface area (TPSA) is 47.8 Å². The van der Waals surface area contributed by atoms with Crippen LogP contribution >= 0.6 is 0 Å². The summed E-state index contributed by atoms with van der Waals surface area (Å²) in [5.41, 5.74) is 1.02. The summed E-state index contributed by atoms with van der Waals surface area (Å²) >= 11 is 0. The first-order valence-electron chi connectivity index (χ1n) is 8.06. The van der Waals surface area contributed by atoms with E-state index in [1.54, 1.807) is 6.20 Å². The van der Waals surface area contributed by atoms with Crippen molar-refractivity contribution in [3.8, 4) is 11.3 Å². The van der Waals surface area contributed by atoms with Crippen LogP contribution < -0.4 is 0 Å². The Morgan fingerprint density at radius 1 is 1.25 bits per heavy atom. The minimum absolute atomic E-state index is 0.0707. The Morgan fingerprint density at radius 3 is 2.62 bits per heavy atom. The second-order valence-corrected chi connectivity index (χ2v) is 6.57. The Balaban J connectivity index is 1.71. The van der Waals surface area contributed by atoms with Gasteiger partial charge in [-0.15, -0.1) is 0 Å². The van der Waals surface area contributed by atoms with Crippen molar-refractivity contribution < 1.29 is 18.0 Å². The van der Waals surface area contributed by atoms with Gasteiger partial charge in [-0.05, 0) is 37.8 Å². The Bertz CT molecular complexity index is 779. The maximum absolute atomic E-state index is 13.5. The van der Waals surface area contributed by atoms with Crippen molar-refractivity contribution >= 4 is 6.29 Å². The number of aromatic nitrogens is 3. The third kappa shape index (κ3) is 2.61. The van der Waals surface area contributed by atoms with Crippen molar-refractivity contribution in [2.75, 3.05) is 0 Å². The van der Waals surface area contributed by atoms with Crippen LogP contribution in [0.15, 0.2) is 18.3 Å². The summed E-state index contributed by atoms with van der Waals surface area (Å²) in [6, 6.07) is 2.61. The highest BCUT2D eigenvalue weighted by molar-refractivity contribution is 5.63. The molecule has 0 unspecified atom stereocenters. The van der Waals surface area contributed by atoms with E-state index in [-0.39, 0.29) is 12.0 Å². The fourth-order valence-corrected chi connectivity index (χ4v) is 3.17. The van der Waals surface area contributed by atoms with E-state index < -0.39 is 17.9 Å². The van der Waals surface area contributed by atoms with Crippen LogP contribution in [-0.4, -0.2) is 21.1 Å². The second kappa shape index (κ2) is 5.72. The molecule has 0 atom stereocenters. The van der Waals surface area contributed by atoms with Crippen LogP contribution in [0.2, 0.25) is 0 Å². The van der Waals surface area contributed by atoms with Gasteiger partial charge in [0.2, 0.25) is 0 Å². The fraction of sp³-hybridized carbons (Fsp3) is 0.471. The molecule has 0 saturated heterocycles. The van der Waals surface area contributed by atoms with Gasteiger partial charge in [0.25, 0.3) is 6.43 Å². The highest BCUT2D eigenvalue weighted by Gasteiger charge is 2.35. The molecule has 2 fully saturated rings. The molecule has 2 heterocycles. The Hall–Kier alpha value is -2.18. The molecule has 0 N–H and O–H groups in total. The second-order valence-electron chi connectivity index (χ2n) is 6.57. The summed E-state index contributed by atoms with van der Waals surface area (Å²) in [6.07, 6.45) is 3.31. The van der Waals surface area contributed by atoms with Gasteiger partial charge in [-0.2, -0.15) is 5.10 Å². The van der Waals surface area contributed by atoms with Gasteiger partial charge in [0.1, 0.15) is 12.0 Å². The third-order valence-corrected chi connectivity index (χ3v) is 4.80. The maximum Gasteiger partial charge on any atom is 0.283 e. The van der Waals surface area contributed by atoms with Gasteiger partial charge < -0.3 is 4.79 Å². The van der Waals surface area contributed by atoms with Crippen LogP contribution in [0.1, 0.15) is 55.5 Å². The average Bonchev–Trinajstić information content (AvgIpc) is 3.27. The summed E-state index contributed by atoms with van der Waals surface area (Å²) < 4.78 is 41.1. The summed E-state index contributed by atoms with van der Waals surface area (Å²) in [6.45, 7) is 0. The van der Waals surface area contributed by atoms with Gasteiger partial charge in [-0.1, -0.05) is 0 Å². The number of hydrogen-bond acceptors (Lipinski definition) is 3. The minimum atomic E-state index is -2.95. The minimum Gasteiger partial charge on any atom is -0.303 e. The summed E-state index contributed by atoms with van der Waals surface area (Å²) in [5, 5.41) is 4.62. The molecular weight excluding hydrogens is 319 g/mol. The van der Waals surface area contributed by atoms with Crippen LogP contribution in [0, 0.1) is 11.7 Å². The molecule has 0 radical (unpaired) electrons. The Morgan fingerprint density at radius 2 is 2.00 bits per heavy atom. The molecule has 24 heavy (non-hydrogen) atoms. The molecule has 0 amide bonds. The average molecular weight is 335 g/mol. The number of carbonyl (C=O) groups is 1. The van der Waals surface area contributed by atoms with E-state index in [4.69, 9.17) is 0 Å². The van der Waals surface area contributed by atoms with Crippen LogP contribution in [0.4, 0.5) is 13.2 Å². The molecule has 0 spiro atoms. The zero-order chi connectivity index (χ0) is 16.8. The largest absolute Gasteiger partial charge is 0.303 e. The number of nitrogens with zero attached hydrogens (tertiary/aromatic N) is 3. The monoisotopic (exact) mass is 335 g/mol. The first-order valence-corrected chi connectivity index (χ1v) is 8.06. The van der Waals surface area contributed by atoms with Crippen molar-refractivity contribution in [1.29, 1.82) is 0 Å². The highest BCUT2D eigenvalue weighted by atomic mass is 19.3. The zero-order valence-electron chi connectivity index (χ0n) is 12.8. The van der Waals surface area contributed by atoms with Gasteiger partial charge in [0, 0.05) is 23.6 Å². The fourth-order valence-electron chi connectivity index (χ4n) is 3.17. The SMILES string of the molecule is O=CC1CC(n2cc(-c3ccc(F)c(C(F)F)n3)c(C3CC3)n2)C1. The summed E-state index contributed by atoms with van der Waals surface area (Å²) in [7, 11) is 0. The van der Waals surface area contributed by atoms with Gasteiger partial charge >= 0.3 is 0 Å². The van der Waals surface area contributed by atoms with Crippen molar-refractivity contribution in [1.82, 2.24) is 14.8 Å². The lowest BCUT2D eigenvalue weighted by Crippen LogP contribution is -2.28. The van der Waals surface area contributed by atoms with Crippen molar-refractivity contribution in [3.63, 3.8) is 0 Å². The highest BCUT2D eigenvalue weighted by Crippen LogP contribution is 2.45. The van der Waals surface area contributed by atoms with Gasteiger partial charge in [-0.25, -0.2) is 18.2 Å². The first-order chi connectivity index (χ1) is 11.6. The molecule has 4 nitrogen and oxygen atoms in total. The molecule has 2 saturated carbocycles. The number of alkyl halides is 2. The maximum atomic E-state index is 13.5. The summed E-state index contributed by atoms with van der Waals surface area (Å²) in [5.74, 6) is -0.617. The van der Waals surface area contributed by atoms with Crippen molar-refractivity contribution in [2.45, 2.75) is 44.1 Å². The van der Waals surface area contributed by atoms with Gasteiger partial charge in [-0.3, -0.25) is 4.68 Å². The zero-order valence-corrected chi connectivity index (χ0v) is 12.8. The van der Waals surface area contributed by atoms with E-state index >= 15 is 0 Å². The molecular formula is C17H16F3N3O. The van der Waals surface area contributed by atoms with E-state index in [1.807, 2.05) is 4.68 Å². The van der Waals surface area contributed by atoms with Gasteiger partial charge in [0.15, 0.2) is 5.82 Å². The van der Waals surface area contributed by atoms with E-state index in [9.17, 15) is 18.0 Å². The molecule has 0 bridgehead atoms. The number of pyridine rings is 1. The number of aldehydes is 1. The predicted molar refractivity (Wildman–Crippen MR) is 80.2 cm³/mol. The van der Waals surface area contributed by atoms with E-state index in [0.29, 0.717) is 17.2 Å². The van der Waals surface area contributed by atoms with E-state index in [2.05, 4.69) is 10.1 Å². The lowest BCUT2D eigenvalue weighted by molar-refractivity contribution is -0.114. The number of hydrogen-bond donors (Lipinski definition) is 0.